The van der Waals surface area contributed by atoms with Crippen molar-refractivity contribution in [1.29, 1.82) is 0 Å². The molecule has 1 aliphatic carbocycles. The molecule has 0 spiro atoms. The van der Waals surface area contributed by atoms with E-state index < -0.39 is 5.60 Å². The third-order valence-electron chi connectivity index (χ3n) is 6.48. The Morgan fingerprint density at radius 1 is 1.11 bits per heavy atom. The predicted molar refractivity (Wildman–Crippen MR) is 113 cm³/mol. The number of halogens is 1. The molecule has 2 aliphatic rings. The number of benzene rings is 1. The second-order valence-corrected chi connectivity index (χ2v) is 9.09. The van der Waals surface area contributed by atoms with E-state index in [-0.39, 0.29) is 29.1 Å². The number of amides is 1. The highest BCUT2D eigenvalue weighted by atomic mass is 35.5. The molecule has 2 N–H and O–H groups in total. The minimum Gasteiger partial charge on any atom is -0.368 e. The van der Waals surface area contributed by atoms with Crippen LogP contribution in [0.25, 0.3) is 0 Å². The first-order chi connectivity index (χ1) is 12.3. The van der Waals surface area contributed by atoms with Crippen LogP contribution in [0.1, 0.15) is 64.0 Å². The van der Waals surface area contributed by atoms with Gasteiger partial charge >= 0.3 is 0 Å². The Morgan fingerprint density at radius 2 is 1.70 bits per heavy atom. The van der Waals surface area contributed by atoms with Gasteiger partial charge in [-0.2, -0.15) is 0 Å². The normalized spacial score (nSPS) is 20.9. The van der Waals surface area contributed by atoms with Gasteiger partial charge in [-0.25, -0.2) is 0 Å². The summed E-state index contributed by atoms with van der Waals surface area (Å²) in [7, 11) is 1.66. The van der Waals surface area contributed by atoms with Crippen LogP contribution in [0.2, 0.25) is 0 Å². The Hall–Kier alpha value is -1.10. The van der Waals surface area contributed by atoms with Crippen molar-refractivity contribution in [3.05, 3.63) is 35.4 Å². The molecule has 0 atom stereocenters. The molecule has 0 radical (unpaired) electrons. The first-order valence-corrected chi connectivity index (χ1v) is 9.97. The summed E-state index contributed by atoms with van der Waals surface area (Å²) in [5.41, 5.74) is 2.31. The number of hydrogen-bond acceptors (Lipinski definition) is 3. The van der Waals surface area contributed by atoms with Crippen LogP contribution in [-0.2, 0) is 20.4 Å². The molecule has 1 saturated heterocycles. The molecular formula is C22H35ClN2O2. The van der Waals surface area contributed by atoms with Crippen molar-refractivity contribution < 1.29 is 9.53 Å². The molecule has 27 heavy (non-hydrogen) atoms. The molecule has 1 saturated carbocycles. The summed E-state index contributed by atoms with van der Waals surface area (Å²) in [5, 5.41) is 6.55. The molecule has 2 fully saturated rings. The molecule has 0 bridgehead atoms. The quantitative estimate of drug-likeness (QED) is 0.800. The number of nitrogens with one attached hydrogen (secondary N) is 2. The van der Waals surface area contributed by atoms with Crippen LogP contribution >= 0.6 is 12.4 Å². The lowest BCUT2D eigenvalue weighted by molar-refractivity contribution is -0.147. The Morgan fingerprint density at radius 3 is 2.15 bits per heavy atom. The van der Waals surface area contributed by atoms with Gasteiger partial charge in [0.25, 0.3) is 5.91 Å². The van der Waals surface area contributed by atoms with Gasteiger partial charge in [0, 0.05) is 19.1 Å². The zero-order valence-corrected chi connectivity index (χ0v) is 18.0. The van der Waals surface area contributed by atoms with Crippen LogP contribution < -0.4 is 10.6 Å². The number of ether oxygens (including phenoxy) is 1. The third-order valence-corrected chi connectivity index (χ3v) is 6.48. The maximum atomic E-state index is 12.9. The van der Waals surface area contributed by atoms with Gasteiger partial charge in [0.1, 0.15) is 5.60 Å². The average molecular weight is 395 g/mol. The lowest BCUT2D eigenvalue weighted by Crippen LogP contribution is -2.56. The van der Waals surface area contributed by atoms with Crippen LogP contribution in [0.3, 0.4) is 0 Å². The Bertz CT molecular complexity index is 627. The number of hydrogen-bond donors (Lipinski definition) is 2. The van der Waals surface area contributed by atoms with Crippen molar-refractivity contribution in [3.63, 3.8) is 0 Å². The molecule has 1 heterocycles. The van der Waals surface area contributed by atoms with Gasteiger partial charge in [0.15, 0.2) is 0 Å². The fourth-order valence-electron chi connectivity index (χ4n) is 4.26. The summed E-state index contributed by atoms with van der Waals surface area (Å²) in [6.45, 7) is 9.10. The number of piperidine rings is 1. The highest BCUT2D eigenvalue weighted by Crippen LogP contribution is 2.43. The molecule has 1 aromatic rings. The van der Waals surface area contributed by atoms with E-state index >= 15 is 0 Å². The summed E-state index contributed by atoms with van der Waals surface area (Å²) in [6.07, 6.45) is 4.99. The molecule has 5 heteroatoms. The largest absolute Gasteiger partial charge is 0.368 e. The predicted octanol–water partition coefficient (Wildman–Crippen LogP) is 3.71. The van der Waals surface area contributed by atoms with E-state index in [1.165, 1.54) is 17.5 Å². The monoisotopic (exact) mass is 394 g/mol. The summed E-state index contributed by atoms with van der Waals surface area (Å²) in [6, 6.07) is 9.03. The van der Waals surface area contributed by atoms with Crippen molar-refractivity contribution in [2.24, 2.45) is 0 Å². The smallest absolute Gasteiger partial charge is 0.252 e. The molecule has 152 valence electrons. The zero-order chi connectivity index (χ0) is 18.8. The van der Waals surface area contributed by atoms with Crippen LogP contribution in [-0.4, -0.2) is 38.3 Å². The number of carbonyl (C=O) groups is 1. The van der Waals surface area contributed by atoms with E-state index in [2.05, 4.69) is 55.7 Å². The fraction of sp³-hybridized carbons (Fsp3) is 0.682. The summed E-state index contributed by atoms with van der Waals surface area (Å²) < 4.78 is 5.66. The van der Waals surface area contributed by atoms with Gasteiger partial charge in [-0.1, -0.05) is 51.5 Å². The molecular weight excluding hydrogens is 360 g/mol. The van der Waals surface area contributed by atoms with E-state index in [0.29, 0.717) is 6.54 Å². The van der Waals surface area contributed by atoms with E-state index in [4.69, 9.17) is 4.74 Å². The summed E-state index contributed by atoms with van der Waals surface area (Å²) >= 11 is 0. The highest BCUT2D eigenvalue weighted by molar-refractivity contribution is 5.85. The van der Waals surface area contributed by atoms with Gasteiger partial charge in [-0.3, -0.25) is 4.79 Å². The first kappa shape index (κ1) is 22.2. The van der Waals surface area contributed by atoms with Gasteiger partial charge in [-0.15, -0.1) is 12.4 Å². The maximum absolute atomic E-state index is 12.9. The van der Waals surface area contributed by atoms with E-state index in [0.717, 1.165) is 38.8 Å². The summed E-state index contributed by atoms with van der Waals surface area (Å²) in [5.74, 6) is 0.0547. The van der Waals surface area contributed by atoms with Crippen molar-refractivity contribution in [3.8, 4) is 0 Å². The van der Waals surface area contributed by atoms with Crippen LogP contribution in [0.15, 0.2) is 24.3 Å². The third kappa shape index (κ3) is 4.49. The minimum absolute atomic E-state index is 0. The standard InChI is InChI=1S/C22H34N2O2.ClH/c1-20(2,3)17-6-8-18(9-7-17)21(10-5-11-21)16-24-19(25)22(26-4)12-14-23-15-13-22;/h6-9,23H,5,10-16H2,1-4H3,(H,24,25);1H. The minimum atomic E-state index is -0.660. The fourth-order valence-corrected chi connectivity index (χ4v) is 4.26. The average Bonchev–Trinajstić information content (AvgIpc) is 2.61. The maximum Gasteiger partial charge on any atom is 0.252 e. The van der Waals surface area contributed by atoms with E-state index in [1.54, 1.807) is 7.11 Å². The first-order valence-electron chi connectivity index (χ1n) is 9.97. The molecule has 1 amide bonds. The Balaban J connectivity index is 0.00000261. The molecule has 0 aromatic heterocycles. The van der Waals surface area contributed by atoms with E-state index in [9.17, 15) is 4.79 Å². The SMILES string of the molecule is COC1(C(=O)NCC2(c3ccc(C(C)(C)C)cc3)CCC2)CCNCC1.Cl. The lowest BCUT2D eigenvalue weighted by Gasteiger charge is -2.44. The van der Waals surface area contributed by atoms with Gasteiger partial charge in [0.2, 0.25) is 0 Å². The van der Waals surface area contributed by atoms with Crippen molar-refractivity contribution in [1.82, 2.24) is 10.6 Å². The highest BCUT2D eigenvalue weighted by Gasteiger charge is 2.43. The van der Waals surface area contributed by atoms with Gasteiger partial charge in [-0.05, 0) is 55.3 Å². The molecule has 1 aliphatic heterocycles. The number of carbonyl (C=O) groups excluding carboxylic acids is 1. The van der Waals surface area contributed by atoms with Crippen LogP contribution in [0, 0.1) is 0 Å². The summed E-state index contributed by atoms with van der Waals surface area (Å²) in [4.78, 5) is 12.9. The van der Waals surface area contributed by atoms with Crippen molar-refractivity contribution in [2.75, 3.05) is 26.7 Å². The van der Waals surface area contributed by atoms with Gasteiger partial charge < -0.3 is 15.4 Å². The molecule has 3 rings (SSSR count). The topological polar surface area (TPSA) is 50.4 Å². The van der Waals surface area contributed by atoms with Crippen molar-refractivity contribution >= 4 is 18.3 Å². The molecule has 4 nitrogen and oxygen atoms in total. The molecule has 0 unspecified atom stereocenters. The zero-order valence-electron chi connectivity index (χ0n) is 17.2. The second-order valence-electron chi connectivity index (χ2n) is 9.09. The van der Waals surface area contributed by atoms with Crippen molar-refractivity contribution in [2.45, 2.75) is 69.3 Å². The Kier molecular flexibility index (Phi) is 6.99. The van der Waals surface area contributed by atoms with Crippen LogP contribution in [0.4, 0.5) is 0 Å². The number of rotatable bonds is 5. The Labute approximate surface area is 170 Å². The van der Waals surface area contributed by atoms with Crippen LogP contribution in [0.5, 0.6) is 0 Å². The van der Waals surface area contributed by atoms with E-state index in [1.807, 2.05) is 0 Å². The number of methoxy groups -OCH3 is 1. The molecule has 1 aromatic carbocycles. The van der Waals surface area contributed by atoms with Gasteiger partial charge in [0.05, 0.1) is 0 Å². The second kappa shape index (κ2) is 8.50. The lowest BCUT2D eigenvalue weighted by atomic mass is 9.64.